The van der Waals surface area contributed by atoms with Gasteiger partial charge in [-0.05, 0) is 56.6 Å². The molecule has 1 aromatic rings. The van der Waals surface area contributed by atoms with Gasteiger partial charge in [-0.15, -0.1) is 0 Å². The van der Waals surface area contributed by atoms with E-state index in [2.05, 4.69) is 22.9 Å². The van der Waals surface area contributed by atoms with Gasteiger partial charge in [0.2, 0.25) is 0 Å². The van der Waals surface area contributed by atoms with E-state index < -0.39 is 0 Å². The highest BCUT2D eigenvalue weighted by Gasteiger charge is 2.26. The average molecular weight is 341 g/mol. The van der Waals surface area contributed by atoms with Crippen LogP contribution in [0.15, 0.2) is 24.3 Å². The monoisotopic (exact) mass is 340 g/mol. The Balaban J connectivity index is 1.83. The molecule has 0 aromatic heterocycles. The van der Waals surface area contributed by atoms with Gasteiger partial charge in [0, 0.05) is 4.83 Å². The molecule has 3 atom stereocenters. The Bertz CT molecular complexity index is 408. The Kier molecular flexibility index (Phi) is 6.21. The van der Waals surface area contributed by atoms with Crippen molar-refractivity contribution in [3.63, 3.8) is 0 Å². The summed E-state index contributed by atoms with van der Waals surface area (Å²) in [6.07, 6.45) is 5.06. The number of hydrogen-bond donors (Lipinski definition) is 0. The molecule has 1 aliphatic rings. The molecule has 1 saturated carbocycles. The van der Waals surface area contributed by atoms with E-state index in [4.69, 9.17) is 9.47 Å². The molecule has 1 aliphatic carbocycles. The van der Waals surface area contributed by atoms with Crippen LogP contribution in [-0.2, 0) is 0 Å². The standard InChI is InChI=1S/C17H25BrO2/c1-3-19-16-6-4-5-7-17(16)20-11-10-14-12-13(2)8-9-15(14)18/h4-7,13-15H,3,8-12H2,1-2H3. The first-order valence-corrected chi connectivity index (χ1v) is 8.61. The number of benzene rings is 1. The third kappa shape index (κ3) is 4.41. The van der Waals surface area contributed by atoms with E-state index in [1.54, 1.807) is 0 Å². The molecule has 0 bridgehead atoms. The molecule has 0 amide bonds. The summed E-state index contributed by atoms with van der Waals surface area (Å²) in [6, 6.07) is 7.93. The second kappa shape index (κ2) is 7.92. The predicted molar refractivity (Wildman–Crippen MR) is 86.9 cm³/mol. The highest BCUT2D eigenvalue weighted by atomic mass is 79.9. The van der Waals surface area contributed by atoms with Gasteiger partial charge < -0.3 is 9.47 Å². The lowest BCUT2D eigenvalue weighted by Gasteiger charge is -2.31. The molecule has 0 saturated heterocycles. The molecule has 0 heterocycles. The van der Waals surface area contributed by atoms with Crippen molar-refractivity contribution in [3.05, 3.63) is 24.3 Å². The summed E-state index contributed by atoms with van der Waals surface area (Å²) in [4.78, 5) is 0.657. The molecule has 0 aliphatic heterocycles. The second-order valence-corrected chi connectivity index (χ2v) is 6.89. The van der Waals surface area contributed by atoms with Crippen LogP contribution in [0.25, 0.3) is 0 Å². The molecule has 0 N–H and O–H groups in total. The van der Waals surface area contributed by atoms with Gasteiger partial charge in [0.05, 0.1) is 13.2 Å². The zero-order chi connectivity index (χ0) is 14.4. The van der Waals surface area contributed by atoms with Crippen LogP contribution in [-0.4, -0.2) is 18.0 Å². The van der Waals surface area contributed by atoms with E-state index in [9.17, 15) is 0 Å². The molecular formula is C17H25BrO2. The summed E-state index contributed by atoms with van der Waals surface area (Å²) in [5.41, 5.74) is 0. The number of halogens is 1. The molecule has 112 valence electrons. The first kappa shape index (κ1) is 15.7. The maximum absolute atomic E-state index is 5.93. The molecule has 20 heavy (non-hydrogen) atoms. The Morgan fingerprint density at radius 3 is 2.55 bits per heavy atom. The van der Waals surface area contributed by atoms with Crippen LogP contribution in [0.4, 0.5) is 0 Å². The summed E-state index contributed by atoms with van der Waals surface area (Å²) < 4.78 is 11.5. The molecule has 2 nitrogen and oxygen atoms in total. The molecule has 1 aromatic carbocycles. The second-order valence-electron chi connectivity index (χ2n) is 5.71. The van der Waals surface area contributed by atoms with Crippen LogP contribution in [0.2, 0.25) is 0 Å². The smallest absolute Gasteiger partial charge is 0.161 e. The van der Waals surface area contributed by atoms with Gasteiger partial charge in [0.15, 0.2) is 11.5 Å². The van der Waals surface area contributed by atoms with Crippen molar-refractivity contribution < 1.29 is 9.47 Å². The lowest BCUT2D eigenvalue weighted by Crippen LogP contribution is -2.25. The topological polar surface area (TPSA) is 18.5 Å². The summed E-state index contributed by atoms with van der Waals surface area (Å²) in [5.74, 6) is 3.30. The molecule has 0 spiro atoms. The number of hydrogen-bond acceptors (Lipinski definition) is 2. The third-order valence-electron chi connectivity index (χ3n) is 4.05. The fourth-order valence-corrected chi connectivity index (χ4v) is 3.67. The Hall–Kier alpha value is -0.700. The van der Waals surface area contributed by atoms with Crippen molar-refractivity contribution in [2.24, 2.45) is 11.8 Å². The van der Waals surface area contributed by atoms with E-state index in [-0.39, 0.29) is 0 Å². The summed E-state index contributed by atoms with van der Waals surface area (Å²) in [5, 5.41) is 0. The highest BCUT2D eigenvalue weighted by Crippen LogP contribution is 2.36. The minimum Gasteiger partial charge on any atom is -0.490 e. The zero-order valence-electron chi connectivity index (χ0n) is 12.5. The van der Waals surface area contributed by atoms with Crippen LogP contribution in [0, 0.1) is 11.8 Å². The number of alkyl halides is 1. The van der Waals surface area contributed by atoms with Gasteiger partial charge in [-0.25, -0.2) is 0 Å². The van der Waals surface area contributed by atoms with E-state index >= 15 is 0 Å². The summed E-state index contributed by atoms with van der Waals surface area (Å²) in [6.45, 7) is 5.79. The molecule has 1 fully saturated rings. The summed E-state index contributed by atoms with van der Waals surface area (Å²) >= 11 is 3.83. The Morgan fingerprint density at radius 2 is 1.85 bits per heavy atom. The number of ether oxygens (including phenoxy) is 2. The largest absolute Gasteiger partial charge is 0.490 e. The Labute approximate surface area is 131 Å². The van der Waals surface area contributed by atoms with Gasteiger partial charge in [-0.1, -0.05) is 35.0 Å². The van der Waals surface area contributed by atoms with Crippen LogP contribution in [0.5, 0.6) is 11.5 Å². The van der Waals surface area contributed by atoms with Crippen LogP contribution in [0.3, 0.4) is 0 Å². The van der Waals surface area contributed by atoms with Crippen molar-refractivity contribution in [1.29, 1.82) is 0 Å². The molecule has 2 rings (SSSR count). The number of rotatable bonds is 6. The van der Waals surface area contributed by atoms with Gasteiger partial charge in [0.1, 0.15) is 0 Å². The maximum Gasteiger partial charge on any atom is 0.161 e. The minimum absolute atomic E-state index is 0.657. The maximum atomic E-state index is 5.93. The van der Waals surface area contributed by atoms with Crippen LogP contribution in [0.1, 0.15) is 39.5 Å². The van der Waals surface area contributed by atoms with Crippen molar-refractivity contribution in [2.45, 2.75) is 44.4 Å². The van der Waals surface area contributed by atoms with E-state index in [1.807, 2.05) is 31.2 Å². The minimum atomic E-state index is 0.657. The van der Waals surface area contributed by atoms with Gasteiger partial charge in [-0.2, -0.15) is 0 Å². The van der Waals surface area contributed by atoms with Crippen molar-refractivity contribution >= 4 is 15.9 Å². The third-order valence-corrected chi connectivity index (χ3v) is 5.25. The fraction of sp³-hybridized carbons (Fsp3) is 0.647. The van der Waals surface area contributed by atoms with Crippen molar-refractivity contribution in [1.82, 2.24) is 0 Å². The highest BCUT2D eigenvalue weighted by molar-refractivity contribution is 9.09. The van der Waals surface area contributed by atoms with E-state index in [1.165, 1.54) is 19.3 Å². The summed E-state index contributed by atoms with van der Waals surface area (Å²) in [7, 11) is 0. The molecular weight excluding hydrogens is 316 g/mol. The fourth-order valence-electron chi connectivity index (χ4n) is 2.92. The molecule has 0 radical (unpaired) electrons. The van der Waals surface area contributed by atoms with Gasteiger partial charge in [-0.3, -0.25) is 0 Å². The SMILES string of the molecule is CCOc1ccccc1OCCC1CC(C)CCC1Br. The van der Waals surface area contributed by atoms with Gasteiger partial charge >= 0.3 is 0 Å². The van der Waals surface area contributed by atoms with Crippen LogP contribution >= 0.6 is 15.9 Å². The van der Waals surface area contributed by atoms with Crippen molar-refractivity contribution in [3.8, 4) is 11.5 Å². The van der Waals surface area contributed by atoms with E-state index in [0.717, 1.165) is 36.4 Å². The van der Waals surface area contributed by atoms with Crippen LogP contribution < -0.4 is 9.47 Å². The Morgan fingerprint density at radius 1 is 1.15 bits per heavy atom. The lowest BCUT2D eigenvalue weighted by molar-refractivity contribution is 0.218. The molecule has 3 unspecified atom stereocenters. The number of para-hydroxylation sites is 2. The van der Waals surface area contributed by atoms with Gasteiger partial charge in [0.25, 0.3) is 0 Å². The molecule has 3 heteroatoms. The van der Waals surface area contributed by atoms with Crippen molar-refractivity contribution in [2.75, 3.05) is 13.2 Å². The first-order chi connectivity index (χ1) is 9.70. The normalized spacial score (nSPS) is 26.2. The zero-order valence-corrected chi connectivity index (χ0v) is 14.1. The van der Waals surface area contributed by atoms with E-state index in [0.29, 0.717) is 11.4 Å². The lowest BCUT2D eigenvalue weighted by atomic mass is 9.81. The quantitative estimate of drug-likeness (QED) is 0.674. The first-order valence-electron chi connectivity index (χ1n) is 7.69. The average Bonchev–Trinajstić information content (AvgIpc) is 2.45. The predicted octanol–water partition coefficient (Wildman–Crippen LogP) is 5.05.